The normalized spacial score (nSPS) is 12.5. The van der Waals surface area contributed by atoms with Crippen molar-refractivity contribution in [3.8, 4) is 11.5 Å². The molecule has 2 heterocycles. The van der Waals surface area contributed by atoms with Gasteiger partial charge in [0.15, 0.2) is 11.5 Å². The van der Waals surface area contributed by atoms with Gasteiger partial charge in [-0.15, -0.1) is 0 Å². The number of nitrogens with zero attached hydrogens (tertiary/aromatic N) is 1. The molecule has 2 aromatic rings. The summed E-state index contributed by atoms with van der Waals surface area (Å²) in [6.07, 6.45) is 2.70. The average Bonchev–Trinajstić information content (AvgIpc) is 2.78. The van der Waals surface area contributed by atoms with Gasteiger partial charge in [0.2, 0.25) is 6.79 Å². The van der Waals surface area contributed by atoms with Gasteiger partial charge in [-0.3, -0.25) is 0 Å². The number of ether oxygens (including phenoxy) is 2. The standard InChI is InChI=1S/C12H8ClN2O2/c13-8-4-5-14-11(6-8)15-9-2-1-3-10-12(9)17-7-16-10/h1-4,6H,7H2,(H,14,15). The van der Waals surface area contributed by atoms with Gasteiger partial charge in [-0.05, 0) is 24.3 Å². The predicted octanol–water partition coefficient (Wildman–Crippen LogP) is 3.01. The average molecular weight is 248 g/mol. The molecular formula is C12H8ClN2O2. The molecule has 1 aromatic carbocycles. The molecule has 5 heteroatoms. The van der Waals surface area contributed by atoms with Gasteiger partial charge >= 0.3 is 0 Å². The topological polar surface area (TPSA) is 43.4 Å². The molecule has 1 aromatic heterocycles. The van der Waals surface area contributed by atoms with Gasteiger partial charge in [0.1, 0.15) is 5.82 Å². The van der Waals surface area contributed by atoms with Crippen molar-refractivity contribution < 1.29 is 9.47 Å². The Morgan fingerprint density at radius 3 is 3.18 bits per heavy atom. The number of hydrogen-bond donors (Lipinski definition) is 1. The number of halogens is 1. The molecule has 4 nitrogen and oxygen atoms in total. The van der Waals surface area contributed by atoms with Crippen molar-refractivity contribution >= 4 is 23.1 Å². The quantitative estimate of drug-likeness (QED) is 0.886. The highest BCUT2D eigenvalue weighted by atomic mass is 35.5. The van der Waals surface area contributed by atoms with Gasteiger partial charge < -0.3 is 14.8 Å². The number of anilines is 2. The molecule has 3 rings (SSSR count). The minimum atomic E-state index is 0.239. The van der Waals surface area contributed by atoms with E-state index in [2.05, 4.69) is 16.5 Å². The summed E-state index contributed by atoms with van der Waals surface area (Å²) in [6, 6.07) is 8.93. The van der Waals surface area contributed by atoms with E-state index in [0.717, 1.165) is 11.4 Å². The molecule has 0 unspecified atom stereocenters. The van der Waals surface area contributed by atoms with Crippen molar-refractivity contribution in [2.45, 2.75) is 0 Å². The Balaban J connectivity index is 1.93. The monoisotopic (exact) mass is 247 g/mol. The predicted molar refractivity (Wildman–Crippen MR) is 63.9 cm³/mol. The number of nitrogens with one attached hydrogen (secondary N) is 1. The highest BCUT2D eigenvalue weighted by molar-refractivity contribution is 6.30. The van der Waals surface area contributed by atoms with E-state index in [1.807, 2.05) is 18.2 Å². The second-order valence-electron chi connectivity index (χ2n) is 3.46. The molecule has 0 aliphatic carbocycles. The SMILES string of the molecule is Clc1c[c]nc(Nc2cccc3c2OCO3)c1. The Hall–Kier alpha value is -1.94. The number of para-hydroxylation sites is 1. The van der Waals surface area contributed by atoms with E-state index in [0.29, 0.717) is 16.6 Å². The summed E-state index contributed by atoms with van der Waals surface area (Å²) in [5, 5.41) is 3.69. The molecule has 1 aliphatic heterocycles. The molecule has 1 aliphatic rings. The zero-order valence-electron chi connectivity index (χ0n) is 8.74. The van der Waals surface area contributed by atoms with Crippen LogP contribution >= 0.6 is 11.6 Å². The van der Waals surface area contributed by atoms with E-state index in [1.165, 1.54) is 0 Å². The smallest absolute Gasteiger partial charge is 0.231 e. The first-order valence-electron chi connectivity index (χ1n) is 5.02. The maximum atomic E-state index is 5.86. The van der Waals surface area contributed by atoms with E-state index >= 15 is 0 Å². The van der Waals surface area contributed by atoms with Gasteiger partial charge in [-0.25, -0.2) is 4.98 Å². The van der Waals surface area contributed by atoms with Gasteiger partial charge in [-0.1, -0.05) is 17.7 Å². The van der Waals surface area contributed by atoms with Crippen LogP contribution in [0.4, 0.5) is 11.5 Å². The fourth-order valence-electron chi connectivity index (χ4n) is 1.60. The third kappa shape index (κ3) is 1.99. The van der Waals surface area contributed by atoms with E-state index in [9.17, 15) is 0 Å². The fraction of sp³-hybridized carbons (Fsp3) is 0.0833. The summed E-state index contributed by atoms with van der Waals surface area (Å²) in [5.74, 6) is 2.02. The van der Waals surface area contributed by atoms with Crippen LogP contribution in [0.25, 0.3) is 0 Å². The van der Waals surface area contributed by atoms with Crippen LogP contribution in [0.2, 0.25) is 5.02 Å². The van der Waals surface area contributed by atoms with Gasteiger partial charge in [0, 0.05) is 5.02 Å². The summed E-state index contributed by atoms with van der Waals surface area (Å²) >= 11 is 5.86. The van der Waals surface area contributed by atoms with Crippen LogP contribution in [0, 0.1) is 6.20 Å². The van der Waals surface area contributed by atoms with Crippen molar-refractivity contribution in [3.63, 3.8) is 0 Å². The molecule has 1 radical (unpaired) electrons. The Labute approximate surface area is 103 Å². The van der Waals surface area contributed by atoms with E-state index < -0.39 is 0 Å². The van der Waals surface area contributed by atoms with E-state index in [-0.39, 0.29) is 6.79 Å². The minimum Gasteiger partial charge on any atom is -0.454 e. The lowest BCUT2D eigenvalue weighted by Crippen LogP contribution is -1.96. The lowest BCUT2D eigenvalue weighted by Gasteiger charge is -2.08. The lowest BCUT2D eigenvalue weighted by molar-refractivity contribution is 0.174. The number of fused-ring (bicyclic) bond motifs is 1. The lowest BCUT2D eigenvalue weighted by atomic mass is 10.2. The molecule has 0 amide bonds. The third-order valence-corrected chi connectivity index (χ3v) is 2.54. The van der Waals surface area contributed by atoms with Crippen molar-refractivity contribution in [1.82, 2.24) is 4.98 Å². The summed E-state index contributed by atoms with van der Waals surface area (Å²) in [6.45, 7) is 0.239. The summed E-state index contributed by atoms with van der Waals surface area (Å²) in [5.41, 5.74) is 0.795. The van der Waals surface area contributed by atoms with Crippen LogP contribution in [0.15, 0.2) is 30.3 Å². The maximum absolute atomic E-state index is 5.86. The first-order valence-corrected chi connectivity index (χ1v) is 5.40. The molecule has 17 heavy (non-hydrogen) atoms. The van der Waals surface area contributed by atoms with Crippen molar-refractivity contribution in [1.29, 1.82) is 0 Å². The third-order valence-electron chi connectivity index (χ3n) is 2.32. The van der Waals surface area contributed by atoms with Crippen LogP contribution in [0.5, 0.6) is 11.5 Å². The van der Waals surface area contributed by atoms with Crippen LogP contribution in [0.3, 0.4) is 0 Å². The van der Waals surface area contributed by atoms with Crippen LogP contribution in [-0.2, 0) is 0 Å². The Morgan fingerprint density at radius 2 is 2.29 bits per heavy atom. The fourth-order valence-corrected chi connectivity index (χ4v) is 1.75. The van der Waals surface area contributed by atoms with Gasteiger partial charge in [-0.2, -0.15) is 0 Å². The molecule has 0 atom stereocenters. The maximum Gasteiger partial charge on any atom is 0.231 e. The Morgan fingerprint density at radius 1 is 1.35 bits per heavy atom. The molecular weight excluding hydrogens is 240 g/mol. The van der Waals surface area contributed by atoms with Crippen molar-refractivity contribution in [3.05, 3.63) is 41.6 Å². The first-order chi connectivity index (χ1) is 8.33. The Kier molecular flexibility index (Phi) is 2.49. The van der Waals surface area contributed by atoms with Gasteiger partial charge in [0.05, 0.1) is 11.9 Å². The van der Waals surface area contributed by atoms with Crippen LogP contribution in [-0.4, -0.2) is 11.8 Å². The summed E-state index contributed by atoms with van der Waals surface area (Å²) < 4.78 is 10.7. The number of pyridine rings is 1. The highest BCUT2D eigenvalue weighted by Gasteiger charge is 2.17. The van der Waals surface area contributed by atoms with E-state index in [1.54, 1.807) is 12.1 Å². The molecule has 85 valence electrons. The van der Waals surface area contributed by atoms with Gasteiger partial charge in [0.25, 0.3) is 0 Å². The highest BCUT2D eigenvalue weighted by Crippen LogP contribution is 2.39. The molecule has 0 spiro atoms. The molecule has 0 saturated heterocycles. The summed E-state index contributed by atoms with van der Waals surface area (Å²) in [4.78, 5) is 4.04. The zero-order valence-corrected chi connectivity index (χ0v) is 9.49. The van der Waals surface area contributed by atoms with Crippen LogP contribution in [0.1, 0.15) is 0 Å². The molecule has 0 bridgehead atoms. The van der Waals surface area contributed by atoms with Crippen molar-refractivity contribution in [2.24, 2.45) is 0 Å². The molecule has 1 N–H and O–H groups in total. The second kappa shape index (κ2) is 4.14. The van der Waals surface area contributed by atoms with Crippen molar-refractivity contribution in [2.75, 3.05) is 12.1 Å². The minimum absolute atomic E-state index is 0.239. The first kappa shape index (κ1) is 10.2. The number of hydrogen-bond acceptors (Lipinski definition) is 4. The summed E-state index contributed by atoms with van der Waals surface area (Å²) in [7, 11) is 0. The van der Waals surface area contributed by atoms with Crippen LogP contribution < -0.4 is 14.8 Å². The molecule has 0 saturated carbocycles. The second-order valence-corrected chi connectivity index (χ2v) is 3.90. The van der Waals surface area contributed by atoms with E-state index in [4.69, 9.17) is 21.1 Å². The number of benzene rings is 1. The molecule has 0 fully saturated rings. The number of rotatable bonds is 2. The largest absolute Gasteiger partial charge is 0.454 e. The zero-order chi connectivity index (χ0) is 11.7. The Bertz CT molecular complexity index is 560. The number of aromatic nitrogens is 1.